The Bertz CT molecular complexity index is 726. The number of hydrogen-bond acceptors (Lipinski definition) is 6. The van der Waals surface area contributed by atoms with Gasteiger partial charge in [0.05, 0.1) is 18.5 Å². The first-order valence-corrected chi connectivity index (χ1v) is 10.8. The van der Waals surface area contributed by atoms with Crippen molar-refractivity contribution in [2.75, 3.05) is 34.4 Å². The Morgan fingerprint density at radius 3 is 2.30 bits per heavy atom. The summed E-state index contributed by atoms with van der Waals surface area (Å²) in [5.41, 5.74) is 0.890. The molecule has 7 heteroatoms. The van der Waals surface area contributed by atoms with Gasteiger partial charge in [-0.25, -0.2) is 0 Å². The minimum absolute atomic E-state index is 0.0176. The molecule has 166 valence electrons. The second-order valence-corrected chi connectivity index (χ2v) is 8.29. The maximum Gasteiger partial charge on any atom is 0.308 e. The number of rotatable bonds is 7. The number of methoxy groups -OCH3 is 2. The second-order valence-electron chi connectivity index (χ2n) is 8.29. The smallest absolute Gasteiger partial charge is 0.308 e. The zero-order valence-electron chi connectivity index (χ0n) is 18.6. The zero-order valence-corrected chi connectivity index (χ0v) is 18.6. The fraction of sp³-hybridized carbons (Fsp3) is 0.652. The van der Waals surface area contributed by atoms with Gasteiger partial charge in [-0.15, -0.1) is 0 Å². The van der Waals surface area contributed by atoms with Gasteiger partial charge in [-0.2, -0.15) is 0 Å². The van der Waals surface area contributed by atoms with Crippen molar-refractivity contribution in [1.82, 2.24) is 9.80 Å². The molecule has 1 aromatic carbocycles. The van der Waals surface area contributed by atoms with Crippen LogP contribution in [0.2, 0.25) is 0 Å². The molecule has 0 aromatic heterocycles. The van der Waals surface area contributed by atoms with E-state index >= 15 is 0 Å². The molecule has 2 atom stereocenters. The van der Waals surface area contributed by atoms with E-state index in [2.05, 4.69) is 4.90 Å². The van der Waals surface area contributed by atoms with Gasteiger partial charge in [0.15, 0.2) is 5.79 Å². The number of likely N-dealkylation sites (N-methyl/N-ethyl adjacent to an activating group) is 1. The highest BCUT2D eigenvalue weighted by atomic mass is 16.7. The van der Waals surface area contributed by atoms with Crippen molar-refractivity contribution in [3.63, 3.8) is 0 Å². The molecule has 0 bridgehead atoms. The summed E-state index contributed by atoms with van der Waals surface area (Å²) < 4.78 is 16.9. The van der Waals surface area contributed by atoms with Crippen LogP contribution in [0.25, 0.3) is 0 Å². The summed E-state index contributed by atoms with van der Waals surface area (Å²) in [6.45, 7) is 3.39. The Kier molecular flexibility index (Phi) is 7.50. The first kappa shape index (κ1) is 22.7. The lowest BCUT2D eigenvalue weighted by atomic mass is 9.82. The van der Waals surface area contributed by atoms with Gasteiger partial charge in [0.25, 0.3) is 0 Å². The number of likely N-dealkylation sites (tertiary alicyclic amines) is 1. The molecule has 1 heterocycles. The first-order valence-electron chi connectivity index (χ1n) is 10.8. The van der Waals surface area contributed by atoms with Gasteiger partial charge >= 0.3 is 5.97 Å². The summed E-state index contributed by atoms with van der Waals surface area (Å²) >= 11 is 0. The van der Waals surface area contributed by atoms with Gasteiger partial charge in [-0.1, -0.05) is 12.1 Å². The number of carbonyl (C=O) groups excluding carboxylic acids is 2. The number of esters is 1. The van der Waals surface area contributed by atoms with E-state index in [0.717, 1.165) is 37.9 Å². The SMILES string of the molecule is COC1(OC)CCCC(N(C)C(=O)Cc2ccc(OC(C)=O)cc2)C1N1CCCC1. The number of nitrogens with zero attached hydrogens (tertiary/aromatic N) is 2. The monoisotopic (exact) mass is 418 g/mol. The third-order valence-corrected chi connectivity index (χ3v) is 6.50. The van der Waals surface area contributed by atoms with E-state index in [4.69, 9.17) is 14.2 Å². The van der Waals surface area contributed by atoms with Crippen molar-refractivity contribution in [3.8, 4) is 5.75 Å². The van der Waals surface area contributed by atoms with Crippen molar-refractivity contribution in [3.05, 3.63) is 29.8 Å². The molecule has 2 fully saturated rings. The van der Waals surface area contributed by atoms with E-state index in [1.54, 1.807) is 26.4 Å². The summed E-state index contributed by atoms with van der Waals surface area (Å²) in [7, 11) is 5.31. The molecule has 1 aliphatic heterocycles. The van der Waals surface area contributed by atoms with Gasteiger partial charge in [0.1, 0.15) is 5.75 Å². The van der Waals surface area contributed by atoms with Crippen LogP contribution in [0.3, 0.4) is 0 Å². The molecule has 7 nitrogen and oxygen atoms in total. The van der Waals surface area contributed by atoms with Crippen molar-refractivity contribution in [1.29, 1.82) is 0 Å². The molecule has 1 saturated carbocycles. The van der Waals surface area contributed by atoms with Crippen molar-refractivity contribution in [2.24, 2.45) is 0 Å². The predicted octanol–water partition coefficient (Wildman–Crippen LogP) is 2.62. The van der Waals surface area contributed by atoms with Gasteiger partial charge in [-0.05, 0) is 56.5 Å². The largest absolute Gasteiger partial charge is 0.427 e. The third kappa shape index (κ3) is 4.85. The predicted molar refractivity (Wildman–Crippen MR) is 113 cm³/mol. The Labute approximate surface area is 179 Å². The molecule has 30 heavy (non-hydrogen) atoms. The molecule has 3 rings (SSSR count). The molecule has 1 amide bonds. The maximum absolute atomic E-state index is 13.2. The highest BCUT2D eigenvalue weighted by molar-refractivity contribution is 5.79. The summed E-state index contributed by atoms with van der Waals surface area (Å²) in [6, 6.07) is 7.15. The minimum atomic E-state index is -0.687. The fourth-order valence-electron chi connectivity index (χ4n) is 4.96. The summed E-state index contributed by atoms with van der Waals surface area (Å²) in [5, 5.41) is 0. The van der Waals surface area contributed by atoms with Crippen molar-refractivity contribution < 1.29 is 23.8 Å². The molecule has 0 spiro atoms. The molecular weight excluding hydrogens is 384 g/mol. The molecule has 0 radical (unpaired) electrons. The van der Waals surface area contributed by atoms with E-state index in [9.17, 15) is 9.59 Å². The lowest BCUT2D eigenvalue weighted by Gasteiger charge is -2.51. The Balaban J connectivity index is 1.74. The Hall–Kier alpha value is -1.96. The van der Waals surface area contributed by atoms with E-state index in [1.165, 1.54) is 19.8 Å². The highest BCUT2D eigenvalue weighted by Gasteiger charge is 2.51. The molecule has 1 aliphatic carbocycles. The van der Waals surface area contributed by atoms with E-state index in [0.29, 0.717) is 12.2 Å². The number of hydrogen-bond donors (Lipinski definition) is 0. The quantitative estimate of drug-likeness (QED) is 0.385. The van der Waals surface area contributed by atoms with Gasteiger partial charge in [0, 0.05) is 34.6 Å². The van der Waals surface area contributed by atoms with E-state index in [1.807, 2.05) is 24.1 Å². The first-order chi connectivity index (χ1) is 14.4. The van der Waals surface area contributed by atoms with Gasteiger partial charge < -0.3 is 19.1 Å². The molecule has 2 unspecified atom stereocenters. The number of amides is 1. The average molecular weight is 419 g/mol. The fourth-order valence-corrected chi connectivity index (χ4v) is 4.96. The maximum atomic E-state index is 13.2. The topological polar surface area (TPSA) is 68.3 Å². The normalized spacial score (nSPS) is 23.9. The van der Waals surface area contributed by atoms with Crippen LogP contribution in [0.1, 0.15) is 44.6 Å². The second kappa shape index (κ2) is 9.90. The third-order valence-electron chi connectivity index (χ3n) is 6.50. The van der Waals surface area contributed by atoms with Crippen LogP contribution in [0, 0.1) is 0 Å². The van der Waals surface area contributed by atoms with Crippen molar-refractivity contribution >= 4 is 11.9 Å². The summed E-state index contributed by atoms with van der Waals surface area (Å²) in [6.07, 6.45) is 5.34. The Morgan fingerprint density at radius 2 is 1.73 bits per heavy atom. The molecule has 2 aliphatic rings. The molecule has 1 saturated heterocycles. The van der Waals surface area contributed by atoms with Crippen LogP contribution >= 0.6 is 0 Å². The lowest BCUT2D eigenvalue weighted by Crippen LogP contribution is -2.66. The van der Waals surface area contributed by atoms with Crippen LogP contribution < -0.4 is 4.74 Å². The van der Waals surface area contributed by atoms with Crippen LogP contribution in [0.4, 0.5) is 0 Å². The Morgan fingerprint density at radius 1 is 1.10 bits per heavy atom. The van der Waals surface area contributed by atoms with Gasteiger partial charge in [-0.3, -0.25) is 14.5 Å². The molecule has 0 N–H and O–H groups in total. The summed E-state index contributed by atoms with van der Waals surface area (Å²) in [4.78, 5) is 28.6. The highest BCUT2D eigenvalue weighted by Crippen LogP contribution is 2.39. The number of benzene rings is 1. The van der Waals surface area contributed by atoms with Gasteiger partial charge in [0.2, 0.25) is 5.91 Å². The average Bonchev–Trinajstić information content (AvgIpc) is 3.27. The number of ether oxygens (including phenoxy) is 3. The molecule has 1 aromatic rings. The van der Waals surface area contributed by atoms with E-state index in [-0.39, 0.29) is 24.0 Å². The van der Waals surface area contributed by atoms with Crippen LogP contribution in [-0.4, -0.2) is 73.9 Å². The molecular formula is C23H34N2O5. The minimum Gasteiger partial charge on any atom is -0.427 e. The number of carbonyl (C=O) groups is 2. The van der Waals surface area contributed by atoms with E-state index < -0.39 is 5.79 Å². The standard InChI is InChI=1S/C23H34N2O5/c1-17(26)30-19-11-9-18(10-12-19)16-21(27)24(2)20-8-7-13-23(28-3,29-4)22(20)25-14-5-6-15-25/h9-12,20,22H,5-8,13-16H2,1-4H3. The summed E-state index contributed by atoms with van der Waals surface area (Å²) in [5.74, 6) is -0.498. The van der Waals surface area contributed by atoms with Crippen LogP contribution in [-0.2, 0) is 25.5 Å². The zero-order chi connectivity index (χ0) is 21.7. The van der Waals surface area contributed by atoms with Crippen LogP contribution in [0.15, 0.2) is 24.3 Å². The van der Waals surface area contributed by atoms with Crippen molar-refractivity contribution in [2.45, 2.75) is 63.3 Å². The lowest BCUT2D eigenvalue weighted by molar-refractivity contribution is -0.266. The van der Waals surface area contributed by atoms with Crippen LogP contribution in [0.5, 0.6) is 5.75 Å².